The molecule has 3 rings (SSSR count). The van der Waals surface area contributed by atoms with E-state index in [-0.39, 0.29) is 95.7 Å². The highest BCUT2D eigenvalue weighted by atomic mass is 16.4. The van der Waals surface area contributed by atoms with Gasteiger partial charge in [0, 0.05) is 38.9 Å². The highest BCUT2D eigenvalue weighted by Crippen LogP contribution is 2.25. The molecule has 0 spiro atoms. The molecule has 37 heteroatoms. The van der Waals surface area contributed by atoms with E-state index in [4.69, 9.17) is 34.1 Å². The average molecular weight is 1430 g/mol. The van der Waals surface area contributed by atoms with Gasteiger partial charge in [0.1, 0.15) is 72.2 Å². The molecule has 0 radical (unpaired) electrons. The number of amides is 12. The standard InChI is InChI=1S/C64H104N18O19/c1-33(2)50(79-57(94)44(32-49(87)88)77-55(92)39(14-6-8-26-65)73-53(90)38(67)13-10-28-71-64(69)70)60(97)78-43(31-36-18-20-37(83)21-19-36)56(93)75-41(23-25-48(85)86)61(98)81-29-11-17-46(81)59(96)80-51(34(3)4)62(99)82-30-12-16-45(82)58(95)74-40(22-24-47(68)84)54(91)72-35(5)52(89)76-42(63(100)101)15-7-9-27-66/h18-21,33-35,38-46,50-51,83H,6-17,22-32,65-67H2,1-5H3,(H2,68,84)(H,72,91)(H,73,90)(H,74,95)(H,75,93)(H,76,89)(H,77,92)(H,78,97)(H,79,94)(H,80,96)(H,85,86)(H,87,88)(H,100,101)(H4,69,70,71)/t35-,38-,39-,40-,41-,42-,43-,44-,45-,46-,50-,51-/m0/s1. The lowest BCUT2D eigenvalue weighted by atomic mass is 9.99. The van der Waals surface area contributed by atoms with Crippen LogP contribution in [-0.2, 0) is 78.3 Å². The summed E-state index contributed by atoms with van der Waals surface area (Å²) in [5, 5.41) is 71.9. The summed E-state index contributed by atoms with van der Waals surface area (Å²) in [4.78, 5) is 205. The predicted octanol–water partition coefficient (Wildman–Crippen LogP) is -4.85. The summed E-state index contributed by atoms with van der Waals surface area (Å²) in [6, 6.07) is -11.8. The molecule has 25 N–H and O–H groups in total. The first-order chi connectivity index (χ1) is 47.6. The van der Waals surface area contributed by atoms with E-state index in [0.29, 0.717) is 44.2 Å². The SMILES string of the molecule is CC(C)[C@H](NC(=O)[C@H](CC(=O)O)NC(=O)[C@H](CCCCN)NC(=O)[C@@H](N)CCCNC(=N)N)C(=O)N[C@@H](Cc1ccc(O)cc1)C(=O)N[C@@H](CCC(=O)O)C(=O)N1CCC[C@H]1C(=O)N[C@H](C(=O)N1CCC[C@H]1C(=O)N[C@@H](CCC(N)=O)C(=O)N[C@@H](C)C(=O)N[C@@H](CCCCN)C(=O)O)C(C)C. The van der Waals surface area contributed by atoms with E-state index in [1.165, 1.54) is 49.9 Å². The van der Waals surface area contributed by atoms with E-state index < -0.39 is 199 Å². The Hall–Kier alpha value is -9.78. The third kappa shape index (κ3) is 29.1. The zero-order valence-corrected chi connectivity index (χ0v) is 57.8. The maximum Gasteiger partial charge on any atom is 0.326 e. The molecule has 564 valence electrons. The van der Waals surface area contributed by atoms with Crippen LogP contribution in [0.25, 0.3) is 0 Å². The number of aromatic hydroxyl groups is 1. The molecule has 101 heavy (non-hydrogen) atoms. The topological polar surface area (TPSA) is 618 Å². The molecule has 1 aromatic carbocycles. The first-order valence-electron chi connectivity index (χ1n) is 33.9. The Kier molecular flexibility index (Phi) is 36.4. The van der Waals surface area contributed by atoms with Gasteiger partial charge in [-0.05, 0) is 139 Å². The molecule has 2 fully saturated rings. The van der Waals surface area contributed by atoms with E-state index in [2.05, 4.69) is 53.2 Å². The molecule has 2 aliphatic rings. The molecule has 0 aliphatic carbocycles. The number of nitrogens with one attached hydrogen (secondary N) is 11. The number of primary amides is 1. The van der Waals surface area contributed by atoms with Gasteiger partial charge in [0.2, 0.25) is 70.9 Å². The smallest absolute Gasteiger partial charge is 0.326 e. The second kappa shape index (κ2) is 43.0. The van der Waals surface area contributed by atoms with Crippen LogP contribution in [0.3, 0.4) is 0 Å². The lowest BCUT2D eigenvalue weighted by Gasteiger charge is -2.33. The van der Waals surface area contributed by atoms with Crippen LogP contribution >= 0.6 is 0 Å². The van der Waals surface area contributed by atoms with Crippen LogP contribution in [0.2, 0.25) is 0 Å². The van der Waals surface area contributed by atoms with Gasteiger partial charge < -0.3 is 112 Å². The third-order valence-corrected chi connectivity index (χ3v) is 17.0. The van der Waals surface area contributed by atoms with Crippen LogP contribution in [0.5, 0.6) is 5.75 Å². The molecule has 2 aliphatic heterocycles. The van der Waals surface area contributed by atoms with Crippen LogP contribution in [-0.4, -0.2) is 230 Å². The van der Waals surface area contributed by atoms with Crippen molar-refractivity contribution in [3.63, 3.8) is 0 Å². The number of hydrogen-bond donors (Lipinski definition) is 20. The van der Waals surface area contributed by atoms with E-state index in [9.17, 15) is 92.3 Å². The molecule has 1 aromatic rings. The summed E-state index contributed by atoms with van der Waals surface area (Å²) >= 11 is 0. The highest BCUT2D eigenvalue weighted by Gasteiger charge is 2.44. The van der Waals surface area contributed by atoms with E-state index in [0.717, 1.165) is 4.90 Å². The number of nitrogens with zero attached hydrogens (tertiary/aromatic N) is 2. The van der Waals surface area contributed by atoms with Crippen molar-refractivity contribution in [3.05, 3.63) is 29.8 Å². The summed E-state index contributed by atoms with van der Waals surface area (Å²) in [5.74, 6) is -17.1. The molecule has 12 amide bonds. The van der Waals surface area contributed by atoms with Crippen LogP contribution in [0.15, 0.2) is 24.3 Å². The number of carbonyl (C=O) groups excluding carboxylic acids is 12. The molecule has 2 saturated heterocycles. The minimum atomic E-state index is -1.86. The van der Waals surface area contributed by atoms with Gasteiger partial charge >= 0.3 is 17.9 Å². The monoisotopic (exact) mass is 1430 g/mol. The van der Waals surface area contributed by atoms with Gasteiger partial charge in [0.25, 0.3) is 0 Å². The summed E-state index contributed by atoms with van der Waals surface area (Å²) < 4.78 is 0. The number of nitrogens with two attached hydrogens (primary N) is 5. The number of guanidine groups is 1. The fourth-order valence-corrected chi connectivity index (χ4v) is 11.3. The van der Waals surface area contributed by atoms with E-state index in [1.54, 1.807) is 13.8 Å². The largest absolute Gasteiger partial charge is 0.508 e. The number of rotatable bonds is 45. The first-order valence-corrected chi connectivity index (χ1v) is 33.9. The average Bonchev–Trinajstić information content (AvgIpc) is 1.73. The highest BCUT2D eigenvalue weighted by molar-refractivity contribution is 6.00. The lowest BCUT2D eigenvalue weighted by Crippen LogP contribution is -2.61. The van der Waals surface area contributed by atoms with Crippen molar-refractivity contribution in [2.45, 2.75) is 223 Å². The number of aliphatic carboxylic acids is 3. The zero-order valence-electron chi connectivity index (χ0n) is 57.8. The molecule has 0 bridgehead atoms. The molecule has 37 nitrogen and oxygen atoms in total. The Balaban J connectivity index is 1.89. The summed E-state index contributed by atoms with van der Waals surface area (Å²) in [6.45, 7) is 8.16. The Morgan fingerprint density at radius 2 is 0.990 bits per heavy atom. The number of carboxylic acid groups (broad SMARTS) is 3. The molecule has 2 heterocycles. The normalized spacial score (nSPS) is 17.2. The van der Waals surface area contributed by atoms with Crippen LogP contribution in [0.1, 0.15) is 149 Å². The van der Waals surface area contributed by atoms with Crippen molar-refractivity contribution in [2.24, 2.45) is 40.5 Å². The maximum absolute atomic E-state index is 14.8. The molecule has 12 atom stereocenters. The second-order valence-electron chi connectivity index (χ2n) is 25.8. The van der Waals surface area contributed by atoms with E-state index >= 15 is 0 Å². The Morgan fingerprint density at radius 3 is 1.52 bits per heavy atom. The van der Waals surface area contributed by atoms with Crippen molar-refractivity contribution in [1.29, 1.82) is 5.41 Å². The number of carbonyl (C=O) groups is 15. The van der Waals surface area contributed by atoms with E-state index in [1.807, 2.05) is 0 Å². The fourth-order valence-electron chi connectivity index (χ4n) is 11.3. The van der Waals surface area contributed by atoms with Gasteiger partial charge in [-0.15, -0.1) is 0 Å². The number of likely N-dealkylation sites (tertiary alicyclic amines) is 2. The Morgan fingerprint density at radius 1 is 0.505 bits per heavy atom. The number of unbranched alkanes of at least 4 members (excludes halogenated alkanes) is 2. The van der Waals surface area contributed by atoms with Crippen LogP contribution in [0, 0.1) is 17.2 Å². The maximum atomic E-state index is 14.8. The first kappa shape index (κ1) is 85.4. The minimum Gasteiger partial charge on any atom is -0.508 e. The molecular formula is C64H104N18O19. The fraction of sp³-hybridized carbons (Fsp3) is 0.656. The van der Waals surface area contributed by atoms with Gasteiger partial charge in [-0.3, -0.25) is 72.5 Å². The number of phenols is 1. The van der Waals surface area contributed by atoms with Gasteiger partial charge in [-0.25, -0.2) is 4.79 Å². The second-order valence-corrected chi connectivity index (χ2v) is 25.8. The van der Waals surface area contributed by atoms with Crippen molar-refractivity contribution >= 4 is 94.8 Å². The predicted molar refractivity (Wildman–Crippen MR) is 362 cm³/mol. The summed E-state index contributed by atoms with van der Waals surface area (Å²) in [6.07, 6.45) is -0.658. The molecule has 0 aromatic heterocycles. The number of benzene rings is 1. The van der Waals surface area contributed by atoms with Gasteiger partial charge in [-0.2, -0.15) is 0 Å². The van der Waals surface area contributed by atoms with Crippen molar-refractivity contribution in [1.82, 2.24) is 63.0 Å². The lowest BCUT2D eigenvalue weighted by molar-refractivity contribution is -0.145. The van der Waals surface area contributed by atoms with Gasteiger partial charge in [0.15, 0.2) is 5.96 Å². The van der Waals surface area contributed by atoms with Crippen LogP contribution < -0.4 is 81.8 Å². The van der Waals surface area contributed by atoms with Crippen molar-refractivity contribution < 1.29 is 92.3 Å². The minimum absolute atomic E-state index is 0.0108. The zero-order chi connectivity index (χ0) is 75.8. The third-order valence-electron chi connectivity index (χ3n) is 17.0. The summed E-state index contributed by atoms with van der Waals surface area (Å²) in [7, 11) is 0. The van der Waals surface area contributed by atoms with Gasteiger partial charge in [0.05, 0.1) is 12.5 Å². The van der Waals surface area contributed by atoms with Crippen molar-refractivity contribution in [2.75, 3.05) is 32.7 Å². The number of phenolic OH excluding ortho intramolecular Hbond substituents is 1. The number of carboxylic acids is 3. The van der Waals surface area contributed by atoms with Crippen LogP contribution in [0.4, 0.5) is 0 Å². The summed E-state index contributed by atoms with van der Waals surface area (Å²) in [5.41, 5.74) is 28.3. The molecule has 0 unspecified atom stereocenters. The van der Waals surface area contributed by atoms with Gasteiger partial charge in [-0.1, -0.05) is 39.8 Å². The Bertz CT molecular complexity index is 3070. The number of hydrogen-bond acceptors (Lipinski definition) is 20. The Labute approximate surface area is 585 Å². The molecule has 0 saturated carbocycles. The molecular weight excluding hydrogens is 1320 g/mol. The van der Waals surface area contributed by atoms with Crippen molar-refractivity contribution in [3.8, 4) is 5.75 Å². The quantitative estimate of drug-likeness (QED) is 0.0165.